The van der Waals surface area contributed by atoms with Crippen LogP contribution in [0.25, 0.3) is 6.08 Å². The number of methoxy groups -OCH3 is 1. The molecule has 0 amide bonds. The fraction of sp³-hybridized carbons (Fsp3) is 0.286. The molecule has 0 radical (unpaired) electrons. The lowest BCUT2D eigenvalue weighted by atomic mass is 10.1. The number of hydrogen-bond donors (Lipinski definition) is 1. The first-order valence-electron chi connectivity index (χ1n) is 5.76. The normalized spacial score (nSPS) is 10.6. The maximum atomic E-state index is 11.2. The smallest absolute Gasteiger partial charge is 0.340 e. The molecule has 0 aromatic heterocycles. The van der Waals surface area contributed by atoms with Crippen molar-refractivity contribution in [2.24, 2.45) is 0 Å². The Balaban J connectivity index is 2.80. The number of carbonyl (C=O) groups excluding carboxylic acids is 1. The number of ether oxygens (including phenoxy) is 1. The van der Waals surface area contributed by atoms with E-state index in [0.29, 0.717) is 23.5 Å². The zero-order chi connectivity index (χ0) is 14.3. The molecule has 0 heterocycles. The Morgan fingerprint density at radius 1 is 1.42 bits per heavy atom. The van der Waals surface area contributed by atoms with Crippen molar-refractivity contribution in [3.63, 3.8) is 0 Å². The van der Waals surface area contributed by atoms with Gasteiger partial charge < -0.3 is 9.84 Å². The molecule has 102 valence electrons. The molecule has 1 aromatic rings. The van der Waals surface area contributed by atoms with E-state index in [1.807, 2.05) is 6.08 Å². The Kier molecular flexibility index (Phi) is 6.15. The number of carbonyl (C=O) groups is 2. The van der Waals surface area contributed by atoms with Gasteiger partial charge in [-0.25, -0.2) is 4.79 Å². The lowest BCUT2D eigenvalue weighted by Crippen LogP contribution is -2.03. The fourth-order valence-corrected chi connectivity index (χ4v) is 2.11. The lowest BCUT2D eigenvalue weighted by molar-refractivity contribution is -0.109. The van der Waals surface area contributed by atoms with Gasteiger partial charge in [0.1, 0.15) is 11.3 Å². The molecule has 1 rings (SSSR count). The van der Waals surface area contributed by atoms with E-state index < -0.39 is 5.97 Å². The van der Waals surface area contributed by atoms with Gasteiger partial charge in [0.05, 0.1) is 7.11 Å². The quantitative estimate of drug-likeness (QED) is 0.811. The number of allylic oxidation sites excluding steroid dienone is 1. The Morgan fingerprint density at radius 2 is 2.16 bits per heavy atom. The van der Waals surface area contributed by atoms with E-state index in [2.05, 4.69) is 0 Å². The van der Waals surface area contributed by atoms with Crippen molar-refractivity contribution in [3.8, 4) is 5.75 Å². The van der Waals surface area contributed by atoms with Gasteiger partial charge in [-0.1, -0.05) is 36.0 Å². The van der Waals surface area contributed by atoms with Crippen molar-refractivity contribution < 1.29 is 19.4 Å². The molecular formula is C14H16O4S. The molecule has 0 atom stereocenters. The number of benzene rings is 1. The third kappa shape index (κ3) is 4.79. The van der Waals surface area contributed by atoms with Crippen LogP contribution in [0.5, 0.6) is 5.75 Å². The van der Waals surface area contributed by atoms with Crippen LogP contribution in [0, 0.1) is 0 Å². The van der Waals surface area contributed by atoms with E-state index in [4.69, 9.17) is 4.74 Å². The van der Waals surface area contributed by atoms with Crippen LogP contribution in [0.3, 0.4) is 0 Å². The van der Waals surface area contributed by atoms with Crippen LogP contribution in [0.1, 0.15) is 29.3 Å². The molecule has 0 spiro atoms. The molecule has 5 heteroatoms. The second-order valence-electron chi connectivity index (χ2n) is 3.76. The van der Waals surface area contributed by atoms with E-state index in [0.717, 1.165) is 0 Å². The summed E-state index contributed by atoms with van der Waals surface area (Å²) in [5.41, 5.74) is 0.750. The fourth-order valence-electron chi connectivity index (χ4n) is 1.57. The lowest BCUT2D eigenvalue weighted by Gasteiger charge is -2.07. The molecule has 0 saturated heterocycles. The van der Waals surface area contributed by atoms with Crippen LogP contribution in [-0.2, 0) is 4.79 Å². The predicted molar refractivity (Wildman–Crippen MR) is 76.7 cm³/mol. The summed E-state index contributed by atoms with van der Waals surface area (Å²) in [6, 6.07) is 5.09. The number of carboxylic acid groups (broad SMARTS) is 1. The highest BCUT2D eigenvalue weighted by atomic mass is 32.2. The van der Waals surface area contributed by atoms with Crippen molar-refractivity contribution in [3.05, 3.63) is 35.4 Å². The van der Waals surface area contributed by atoms with Gasteiger partial charge in [0.25, 0.3) is 0 Å². The Morgan fingerprint density at radius 3 is 2.74 bits per heavy atom. The van der Waals surface area contributed by atoms with Crippen LogP contribution >= 0.6 is 11.8 Å². The zero-order valence-corrected chi connectivity index (χ0v) is 11.7. The first-order valence-corrected chi connectivity index (χ1v) is 6.75. The van der Waals surface area contributed by atoms with Crippen LogP contribution in [0.15, 0.2) is 24.3 Å². The first kappa shape index (κ1) is 15.3. The van der Waals surface area contributed by atoms with Crippen LogP contribution in [0.2, 0.25) is 0 Å². The summed E-state index contributed by atoms with van der Waals surface area (Å²) in [6.45, 7) is 1.53. The molecule has 0 saturated carbocycles. The molecule has 1 aromatic carbocycles. The van der Waals surface area contributed by atoms with Gasteiger partial charge in [0.15, 0.2) is 5.12 Å². The molecule has 19 heavy (non-hydrogen) atoms. The monoisotopic (exact) mass is 280 g/mol. The van der Waals surface area contributed by atoms with E-state index in [1.54, 1.807) is 24.3 Å². The molecular weight excluding hydrogens is 264 g/mol. The van der Waals surface area contributed by atoms with Crippen LogP contribution < -0.4 is 4.74 Å². The van der Waals surface area contributed by atoms with Gasteiger partial charge in [-0.05, 0) is 18.1 Å². The SMILES string of the molecule is COc1cccc(C=CCCSC(C)=O)c1C(=O)O. The molecule has 0 aliphatic heterocycles. The third-order valence-electron chi connectivity index (χ3n) is 2.38. The molecule has 0 aliphatic carbocycles. The summed E-state index contributed by atoms with van der Waals surface area (Å²) in [7, 11) is 1.44. The minimum atomic E-state index is -1.02. The maximum Gasteiger partial charge on any atom is 0.340 e. The minimum Gasteiger partial charge on any atom is -0.496 e. The highest BCUT2D eigenvalue weighted by Gasteiger charge is 2.13. The van der Waals surface area contributed by atoms with Crippen molar-refractivity contribution in [2.45, 2.75) is 13.3 Å². The summed E-state index contributed by atoms with van der Waals surface area (Å²) < 4.78 is 5.04. The van der Waals surface area contributed by atoms with E-state index >= 15 is 0 Å². The standard InChI is InChI=1S/C14H16O4S/c1-10(15)19-9-4-3-6-11-7-5-8-12(18-2)13(11)14(16)17/h3,5-8H,4,9H2,1-2H3,(H,16,17). The zero-order valence-electron chi connectivity index (χ0n) is 10.9. The summed E-state index contributed by atoms with van der Waals surface area (Å²) in [6.07, 6.45) is 4.31. The third-order valence-corrected chi connectivity index (χ3v) is 3.23. The molecule has 0 unspecified atom stereocenters. The van der Waals surface area contributed by atoms with Gasteiger partial charge in [0, 0.05) is 12.7 Å². The highest BCUT2D eigenvalue weighted by Crippen LogP contribution is 2.23. The van der Waals surface area contributed by atoms with Crippen molar-refractivity contribution >= 4 is 28.9 Å². The number of hydrogen-bond acceptors (Lipinski definition) is 4. The molecule has 0 bridgehead atoms. The van der Waals surface area contributed by atoms with E-state index in [9.17, 15) is 14.7 Å². The number of aromatic carboxylic acids is 1. The minimum absolute atomic E-state index is 0.0843. The second-order valence-corrected chi connectivity index (χ2v) is 5.03. The molecule has 4 nitrogen and oxygen atoms in total. The molecule has 0 aliphatic rings. The number of carboxylic acids is 1. The van der Waals surface area contributed by atoms with Gasteiger partial charge >= 0.3 is 5.97 Å². The van der Waals surface area contributed by atoms with Gasteiger partial charge in [0.2, 0.25) is 0 Å². The number of rotatable bonds is 6. The van der Waals surface area contributed by atoms with Crippen molar-refractivity contribution in [2.75, 3.05) is 12.9 Å². The second kappa shape index (κ2) is 7.63. The molecule has 0 fully saturated rings. The Hall–Kier alpha value is -1.75. The largest absolute Gasteiger partial charge is 0.496 e. The summed E-state index contributed by atoms with van der Waals surface area (Å²) in [5.74, 6) is 0.0149. The maximum absolute atomic E-state index is 11.2. The summed E-state index contributed by atoms with van der Waals surface area (Å²) in [4.78, 5) is 22.0. The van der Waals surface area contributed by atoms with E-state index in [-0.39, 0.29) is 10.7 Å². The summed E-state index contributed by atoms with van der Waals surface area (Å²) >= 11 is 1.25. The van der Waals surface area contributed by atoms with Gasteiger partial charge in [-0.15, -0.1) is 0 Å². The average Bonchev–Trinajstić information content (AvgIpc) is 2.37. The topological polar surface area (TPSA) is 63.6 Å². The Labute approximate surface area is 116 Å². The van der Waals surface area contributed by atoms with Crippen LogP contribution in [-0.4, -0.2) is 29.1 Å². The van der Waals surface area contributed by atoms with Crippen molar-refractivity contribution in [1.29, 1.82) is 0 Å². The summed E-state index contributed by atoms with van der Waals surface area (Å²) in [5, 5.41) is 9.27. The van der Waals surface area contributed by atoms with Crippen molar-refractivity contribution in [1.82, 2.24) is 0 Å². The predicted octanol–water partition coefficient (Wildman–Crippen LogP) is 3.08. The highest BCUT2D eigenvalue weighted by molar-refractivity contribution is 8.13. The molecule has 1 N–H and O–H groups in total. The van der Waals surface area contributed by atoms with E-state index in [1.165, 1.54) is 25.8 Å². The van der Waals surface area contributed by atoms with Gasteiger partial charge in [-0.2, -0.15) is 0 Å². The first-order chi connectivity index (χ1) is 9.06. The Bertz CT molecular complexity index is 494. The number of thioether (sulfide) groups is 1. The average molecular weight is 280 g/mol. The van der Waals surface area contributed by atoms with Gasteiger partial charge in [-0.3, -0.25) is 4.79 Å². The van der Waals surface area contributed by atoms with Crippen LogP contribution in [0.4, 0.5) is 0 Å².